The van der Waals surface area contributed by atoms with E-state index in [9.17, 15) is 4.79 Å². The zero-order valence-corrected chi connectivity index (χ0v) is 14.7. The van der Waals surface area contributed by atoms with Gasteiger partial charge in [-0.1, -0.05) is 31.9 Å². The van der Waals surface area contributed by atoms with Crippen LogP contribution in [-0.2, 0) is 11.2 Å². The molecule has 0 bridgehead atoms. The summed E-state index contributed by atoms with van der Waals surface area (Å²) in [6, 6.07) is 8.08. The summed E-state index contributed by atoms with van der Waals surface area (Å²) in [5, 5.41) is 14.9. The van der Waals surface area contributed by atoms with Crippen molar-refractivity contribution < 1.29 is 4.79 Å². The van der Waals surface area contributed by atoms with E-state index in [1.54, 1.807) is 11.0 Å². The predicted molar refractivity (Wildman–Crippen MR) is 95.2 cm³/mol. The van der Waals surface area contributed by atoms with Gasteiger partial charge in [-0.05, 0) is 46.7 Å². The van der Waals surface area contributed by atoms with Gasteiger partial charge >= 0.3 is 0 Å². The third kappa shape index (κ3) is 4.35. The molecule has 1 amide bonds. The second kappa shape index (κ2) is 8.28. The molecular weight excluding hydrogens is 322 g/mol. The summed E-state index contributed by atoms with van der Waals surface area (Å²) in [5.74, 6) is 1.22. The summed E-state index contributed by atoms with van der Waals surface area (Å²) in [5.41, 5.74) is 1.88. The van der Waals surface area contributed by atoms with Crippen LogP contribution in [0.25, 0.3) is 5.69 Å². The van der Waals surface area contributed by atoms with Crippen LogP contribution in [0.2, 0.25) is 0 Å². The van der Waals surface area contributed by atoms with Crippen molar-refractivity contribution in [1.82, 2.24) is 25.5 Å². The normalized spacial score (nSPS) is 20.7. The second-order valence-corrected chi connectivity index (χ2v) is 7.57. The van der Waals surface area contributed by atoms with E-state index in [0.29, 0.717) is 17.7 Å². The molecule has 1 aromatic carbocycles. The summed E-state index contributed by atoms with van der Waals surface area (Å²) in [7, 11) is 0. The minimum atomic E-state index is 0.110. The molecule has 1 aliphatic rings. The number of benzene rings is 1. The number of thioether (sulfide) groups is 1. The molecule has 1 aliphatic carbocycles. The lowest BCUT2D eigenvalue weighted by Gasteiger charge is -2.31. The number of amides is 1. The molecule has 1 fully saturated rings. The average molecular weight is 345 g/mol. The van der Waals surface area contributed by atoms with Crippen molar-refractivity contribution in [1.29, 1.82) is 0 Å². The highest BCUT2D eigenvalue weighted by Crippen LogP contribution is 2.28. The molecular formula is C17H23N5OS. The van der Waals surface area contributed by atoms with E-state index in [1.165, 1.54) is 19.3 Å². The highest BCUT2D eigenvalue weighted by Gasteiger charge is 2.26. The monoisotopic (exact) mass is 345 g/mol. The Bertz CT molecular complexity index is 642. The van der Waals surface area contributed by atoms with Gasteiger partial charge in [-0.25, -0.2) is 4.68 Å². The number of tetrazole rings is 1. The van der Waals surface area contributed by atoms with Gasteiger partial charge < -0.3 is 5.32 Å². The van der Waals surface area contributed by atoms with Gasteiger partial charge in [0.05, 0.1) is 12.1 Å². The van der Waals surface area contributed by atoms with Crippen molar-refractivity contribution in [3.8, 4) is 5.69 Å². The Morgan fingerprint density at radius 1 is 1.29 bits per heavy atom. The van der Waals surface area contributed by atoms with Crippen molar-refractivity contribution >= 4 is 17.7 Å². The van der Waals surface area contributed by atoms with E-state index in [-0.39, 0.29) is 5.91 Å². The van der Waals surface area contributed by atoms with Gasteiger partial charge in [0.2, 0.25) is 5.91 Å². The summed E-state index contributed by atoms with van der Waals surface area (Å²) in [4.78, 5) is 12.4. The Morgan fingerprint density at radius 3 is 2.79 bits per heavy atom. The van der Waals surface area contributed by atoms with E-state index in [2.05, 4.69) is 27.8 Å². The molecule has 0 radical (unpaired) electrons. The third-order valence-corrected chi connectivity index (χ3v) is 5.67. The smallest absolute Gasteiger partial charge is 0.224 e. The van der Waals surface area contributed by atoms with Crippen LogP contribution in [0.3, 0.4) is 0 Å². The van der Waals surface area contributed by atoms with Crippen LogP contribution < -0.4 is 5.32 Å². The number of nitrogens with one attached hydrogen (secondary N) is 1. The number of hydrogen-bond donors (Lipinski definition) is 1. The van der Waals surface area contributed by atoms with E-state index >= 15 is 0 Å². The van der Waals surface area contributed by atoms with E-state index in [0.717, 1.165) is 23.4 Å². The molecule has 3 rings (SSSR count). The molecule has 7 heteroatoms. The lowest BCUT2D eigenvalue weighted by Crippen LogP contribution is -2.44. The zero-order valence-electron chi connectivity index (χ0n) is 13.9. The number of aromatic nitrogens is 4. The van der Waals surface area contributed by atoms with Gasteiger partial charge in [0, 0.05) is 11.3 Å². The van der Waals surface area contributed by atoms with Crippen LogP contribution in [0, 0.1) is 0 Å². The molecule has 2 aromatic rings. The second-order valence-electron chi connectivity index (χ2n) is 6.05. The molecule has 1 N–H and O–H groups in total. The Morgan fingerprint density at radius 2 is 2.08 bits per heavy atom. The minimum Gasteiger partial charge on any atom is -0.352 e. The first-order valence-corrected chi connectivity index (χ1v) is 9.54. The first-order valence-electron chi connectivity index (χ1n) is 8.49. The van der Waals surface area contributed by atoms with Gasteiger partial charge in [0.15, 0.2) is 0 Å². The van der Waals surface area contributed by atoms with Gasteiger partial charge in [0.1, 0.15) is 6.33 Å². The molecule has 1 saturated carbocycles. The first-order chi connectivity index (χ1) is 11.8. The summed E-state index contributed by atoms with van der Waals surface area (Å²) < 4.78 is 1.60. The fraction of sp³-hybridized carbons (Fsp3) is 0.529. The highest BCUT2D eigenvalue weighted by molar-refractivity contribution is 7.99. The number of rotatable bonds is 6. The summed E-state index contributed by atoms with van der Waals surface area (Å²) >= 11 is 1.97. The van der Waals surface area contributed by atoms with Gasteiger partial charge in [0.25, 0.3) is 0 Å². The van der Waals surface area contributed by atoms with E-state index in [1.807, 2.05) is 36.0 Å². The molecule has 1 heterocycles. The van der Waals surface area contributed by atoms with Gasteiger partial charge in [-0.15, -0.1) is 5.10 Å². The topological polar surface area (TPSA) is 72.7 Å². The SMILES string of the molecule is CCSC1CCCCC1NC(=O)Cc1ccc(-n2cnnn2)cc1. The predicted octanol–water partition coefficient (Wildman–Crippen LogP) is 2.39. The van der Waals surface area contributed by atoms with Crippen LogP contribution in [-0.4, -0.2) is 43.2 Å². The Balaban J connectivity index is 1.56. The van der Waals surface area contributed by atoms with Crippen molar-refractivity contribution in [2.24, 2.45) is 0 Å². The van der Waals surface area contributed by atoms with E-state index in [4.69, 9.17) is 0 Å². The number of carbonyl (C=O) groups excluding carboxylic acids is 1. The molecule has 0 spiro atoms. The Hall–Kier alpha value is -1.89. The lowest BCUT2D eigenvalue weighted by atomic mass is 9.94. The maximum atomic E-state index is 12.4. The molecule has 2 atom stereocenters. The summed E-state index contributed by atoms with van der Waals surface area (Å²) in [6.45, 7) is 2.18. The number of carbonyl (C=O) groups is 1. The van der Waals surface area contributed by atoms with Crippen molar-refractivity contribution in [3.05, 3.63) is 36.2 Å². The van der Waals surface area contributed by atoms with Crippen LogP contribution >= 0.6 is 11.8 Å². The zero-order chi connectivity index (χ0) is 16.8. The molecule has 6 nitrogen and oxygen atoms in total. The maximum absolute atomic E-state index is 12.4. The molecule has 1 aromatic heterocycles. The maximum Gasteiger partial charge on any atom is 0.224 e. The van der Waals surface area contributed by atoms with Crippen LogP contribution in [0.5, 0.6) is 0 Å². The Labute approximate surface area is 146 Å². The largest absolute Gasteiger partial charge is 0.352 e. The lowest BCUT2D eigenvalue weighted by molar-refractivity contribution is -0.121. The number of nitrogens with zero attached hydrogens (tertiary/aromatic N) is 4. The first kappa shape index (κ1) is 17.0. The average Bonchev–Trinajstić information content (AvgIpc) is 3.12. The van der Waals surface area contributed by atoms with Crippen LogP contribution in [0.15, 0.2) is 30.6 Å². The molecule has 2 unspecified atom stereocenters. The fourth-order valence-corrected chi connectivity index (χ4v) is 4.36. The number of hydrogen-bond acceptors (Lipinski definition) is 5. The van der Waals surface area contributed by atoms with Gasteiger partial charge in [-0.2, -0.15) is 11.8 Å². The third-order valence-electron chi connectivity index (χ3n) is 4.34. The van der Waals surface area contributed by atoms with Crippen LogP contribution in [0.1, 0.15) is 38.2 Å². The fourth-order valence-electron chi connectivity index (χ4n) is 3.16. The quantitative estimate of drug-likeness (QED) is 0.870. The standard InChI is InChI=1S/C17H23N5OS/c1-2-24-16-6-4-3-5-15(16)19-17(23)11-13-7-9-14(10-8-13)22-12-18-20-21-22/h7-10,12,15-16H,2-6,11H2,1H3,(H,19,23). The summed E-state index contributed by atoms with van der Waals surface area (Å²) in [6.07, 6.45) is 6.77. The Kier molecular flexibility index (Phi) is 5.85. The minimum absolute atomic E-state index is 0.110. The van der Waals surface area contributed by atoms with Crippen molar-refractivity contribution in [2.45, 2.75) is 50.3 Å². The van der Waals surface area contributed by atoms with Gasteiger partial charge in [-0.3, -0.25) is 4.79 Å². The van der Waals surface area contributed by atoms with Crippen molar-refractivity contribution in [2.75, 3.05) is 5.75 Å². The van der Waals surface area contributed by atoms with E-state index < -0.39 is 0 Å². The highest BCUT2D eigenvalue weighted by atomic mass is 32.2. The molecule has 0 aliphatic heterocycles. The molecule has 128 valence electrons. The van der Waals surface area contributed by atoms with Crippen molar-refractivity contribution in [3.63, 3.8) is 0 Å². The molecule has 24 heavy (non-hydrogen) atoms. The molecule has 0 saturated heterocycles. The van der Waals surface area contributed by atoms with Crippen LogP contribution in [0.4, 0.5) is 0 Å².